The number of halogens is 1. The molecular formula is C16H22FN3. The van der Waals surface area contributed by atoms with E-state index in [1.54, 1.807) is 12.1 Å². The van der Waals surface area contributed by atoms with Gasteiger partial charge in [0.15, 0.2) is 0 Å². The molecule has 0 radical (unpaired) electrons. The summed E-state index contributed by atoms with van der Waals surface area (Å²) in [5, 5.41) is 0. The van der Waals surface area contributed by atoms with Gasteiger partial charge in [-0.25, -0.2) is 9.37 Å². The van der Waals surface area contributed by atoms with Gasteiger partial charge in [0.2, 0.25) is 0 Å². The molecule has 0 atom stereocenters. The summed E-state index contributed by atoms with van der Waals surface area (Å²) in [6, 6.07) is 6.31. The molecule has 0 aliphatic rings. The molecule has 0 bridgehead atoms. The zero-order chi connectivity index (χ0) is 14.9. The average Bonchev–Trinajstić information content (AvgIpc) is 2.68. The second kappa shape index (κ2) is 5.65. The predicted octanol–water partition coefficient (Wildman–Crippen LogP) is 4.05. The van der Waals surface area contributed by atoms with Crippen LogP contribution in [0.25, 0.3) is 11.3 Å². The van der Waals surface area contributed by atoms with Crippen LogP contribution in [0.1, 0.15) is 39.4 Å². The monoisotopic (exact) mass is 275 g/mol. The van der Waals surface area contributed by atoms with Crippen molar-refractivity contribution in [2.75, 3.05) is 5.73 Å². The molecule has 1 aromatic heterocycles. The van der Waals surface area contributed by atoms with E-state index in [4.69, 9.17) is 5.73 Å². The molecule has 2 N–H and O–H groups in total. The van der Waals surface area contributed by atoms with Crippen LogP contribution in [0.15, 0.2) is 24.3 Å². The number of anilines is 1. The summed E-state index contributed by atoms with van der Waals surface area (Å²) < 4.78 is 15.1. The quantitative estimate of drug-likeness (QED) is 0.914. The van der Waals surface area contributed by atoms with Crippen molar-refractivity contribution in [3.8, 4) is 11.3 Å². The maximum Gasteiger partial charge on any atom is 0.131 e. The van der Waals surface area contributed by atoms with Crippen molar-refractivity contribution in [2.45, 2.75) is 40.2 Å². The van der Waals surface area contributed by atoms with Gasteiger partial charge < -0.3 is 10.3 Å². The van der Waals surface area contributed by atoms with Crippen LogP contribution >= 0.6 is 0 Å². The van der Waals surface area contributed by atoms with Gasteiger partial charge in [-0.3, -0.25) is 0 Å². The molecular weight excluding hydrogens is 253 g/mol. The predicted molar refractivity (Wildman–Crippen MR) is 81.0 cm³/mol. The van der Waals surface area contributed by atoms with Crippen LogP contribution in [0.5, 0.6) is 0 Å². The van der Waals surface area contributed by atoms with Crippen molar-refractivity contribution >= 4 is 5.82 Å². The largest absolute Gasteiger partial charge is 0.383 e. The lowest BCUT2D eigenvalue weighted by molar-refractivity contribution is 0.502. The van der Waals surface area contributed by atoms with Crippen molar-refractivity contribution < 1.29 is 4.39 Å². The number of nitrogen functional groups attached to an aromatic ring is 1. The first kappa shape index (κ1) is 14.6. The van der Waals surface area contributed by atoms with Crippen LogP contribution in [0.2, 0.25) is 0 Å². The van der Waals surface area contributed by atoms with Gasteiger partial charge in [-0.05, 0) is 30.2 Å². The number of aromatic nitrogens is 2. The van der Waals surface area contributed by atoms with Crippen LogP contribution in [-0.2, 0) is 6.54 Å². The molecule has 0 aliphatic carbocycles. The third-order valence-corrected chi connectivity index (χ3v) is 3.22. The minimum absolute atomic E-state index is 0.252. The summed E-state index contributed by atoms with van der Waals surface area (Å²) in [4.78, 5) is 4.68. The van der Waals surface area contributed by atoms with Crippen molar-refractivity contribution in [2.24, 2.45) is 5.92 Å². The van der Waals surface area contributed by atoms with Gasteiger partial charge >= 0.3 is 0 Å². The van der Waals surface area contributed by atoms with Crippen molar-refractivity contribution in [3.63, 3.8) is 0 Å². The van der Waals surface area contributed by atoms with Crippen molar-refractivity contribution in [1.82, 2.24) is 9.55 Å². The molecule has 108 valence electrons. The Kier molecular flexibility index (Phi) is 4.12. The Morgan fingerprint density at radius 2 is 1.75 bits per heavy atom. The van der Waals surface area contributed by atoms with Crippen LogP contribution in [-0.4, -0.2) is 9.55 Å². The van der Waals surface area contributed by atoms with Gasteiger partial charge in [-0.2, -0.15) is 0 Å². The second-order valence-electron chi connectivity index (χ2n) is 5.87. The number of rotatable bonds is 4. The van der Waals surface area contributed by atoms with Gasteiger partial charge in [0.1, 0.15) is 23.2 Å². The Balaban J connectivity index is 2.52. The maximum atomic E-state index is 13.0. The van der Waals surface area contributed by atoms with Crippen molar-refractivity contribution in [3.05, 3.63) is 35.9 Å². The van der Waals surface area contributed by atoms with E-state index in [2.05, 4.69) is 37.2 Å². The van der Waals surface area contributed by atoms with E-state index in [0.29, 0.717) is 17.7 Å². The second-order valence-corrected chi connectivity index (χ2v) is 5.87. The van der Waals surface area contributed by atoms with E-state index >= 15 is 0 Å². The number of nitrogens with two attached hydrogens (primary N) is 1. The highest BCUT2D eigenvalue weighted by Gasteiger charge is 2.18. The minimum Gasteiger partial charge on any atom is -0.383 e. The zero-order valence-corrected chi connectivity index (χ0v) is 12.5. The molecule has 4 heteroatoms. The first-order chi connectivity index (χ1) is 9.40. The van der Waals surface area contributed by atoms with E-state index in [1.165, 1.54) is 12.1 Å². The lowest BCUT2D eigenvalue weighted by Gasteiger charge is -2.14. The molecule has 1 heterocycles. The molecule has 0 saturated carbocycles. The maximum absolute atomic E-state index is 13.0. The lowest BCUT2D eigenvalue weighted by atomic mass is 10.1. The molecule has 2 aromatic rings. The highest BCUT2D eigenvalue weighted by molar-refractivity contribution is 5.71. The lowest BCUT2D eigenvalue weighted by Crippen LogP contribution is -2.12. The van der Waals surface area contributed by atoms with Gasteiger partial charge in [-0.1, -0.05) is 27.7 Å². The van der Waals surface area contributed by atoms with E-state index in [1.807, 2.05) is 0 Å². The number of hydrogen-bond acceptors (Lipinski definition) is 2. The molecule has 0 amide bonds. The molecule has 0 unspecified atom stereocenters. The Bertz CT molecular complexity index is 583. The van der Waals surface area contributed by atoms with E-state index in [9.17, 15) is 4.39 Å². The Hall–Kier alpha value is -1.84. The van der Waals surface area contributed by atoms with Crippen LogP contribution in [0.3, 0.4) is 0 Å². The summed E-state index contributed by atoms with van der Waals surface area (Å²) in [5.74, 6) is 2.18. The Morgan fingerprint density at radius 1 is 1.15 bits per heavy atom. The third-order valence-electron chi connectivity index (χ3n) is 3.22. The minimum atomic E-state index is -0.252. The normalized spacial score (nSPS) is 11.6. The standard InChI is InChI=1S/C16H22FN3/c1-10(2)9-20-15(18)14(19-16(20)11(3)4)12-5-7-13(17)8-6-12/h5-8,10-11H,9,18H2,1-4H3. The SMILES string of the molecule is CC(C)Cn1c(C(C)C)nc(-c2ccc(F)cc2)c1N. The average molecular weight is 275 g/mol. The van der Waals surface area contributed by atoms with E-state index in [-0.39, 0.29) is 5.82 Å². The molecule has 0 aliphatic heterocycles. The van der Waals surface area contributed by atoms with E-state index < -0.39 is 0 Å². The molecule has 1 aromatic carbocycles. The smallest absolute Gasteiger partial charge is 0.131 e. The molecule has 20 heavy (non-hydrogen) atoms. The summed E-state index contributed by atoms with van der Waals surface area (Å²) >= 11 is 0. The molecule has 3 nitrogen and oxygen atoms in total. The number of imidazole rings is 1. The van der Waals surface area contributed by atoms with Gasteiger partial charge in [0.25, 0.3) is 0 Å². The summed E-state index contributed by atoms with van der Waals surface area (Å²) in [7, 11) is 0. The molecule has 0 spiro atoms. The Labute approximate surface area is 119 Å². The number of nitrogens with zero attached hydrogens (tertiary/aromatic N) is 2. The fraction of sp³-hybridized carbons (Fsp3) is 0.438. The fourth-order valence-electron chi connectivity index (χ4n) is 2.30. The summed E-state index contributed by atoms with van der Waals surface area (Å²) in [6.45, 7) is 9.36. The van der Waals surface area contributed by atoms with E-state index in [0.717, 1.165) is 23.6 Å². The summed E-state index contributed by atoms with van der Waals surface area (Å²) in [5.41, 5.74) is 7.87. The highest BCUT2D eigenvalue weighted by Crippen LogP contribution is 2.30. The molecule has 0 saturated heterocycles. The highest BCUT2D eigenvalue weighted by atomic mass is 19.1. The number of hydrogen-bond donors (Lipinski definition) is 1. The first-order valence-electron chi connectivity index (χ1n) is 7.02. The summed E-state index contributed by atoms with van der Waals surface area (Å²) in [6.07, 6.45) is 0. The molecule has 0 fully saturated rings. The fourth-order valence-corrected chi connectivity index (χ4v) is 2.30. The Morgan fingerprint density at radius 3 is 2.25 bits per heavy atom. The van der Waals surface area contributed by atoms with Crippen LogP contribution in [0.4, 0.5) is 10.2 Å². The molecule has 2 rings (SSSR count). The van der Waals surface area contributed by atoms with Crippen LogP contribution < -0.4 is 5.73 Å². The van der Waals surface area contributed by atoms with Crippen LogP contribution in [0, 0.1) is 11.7 Å². The van der Waals surface area contributed by atoms with Gasteiger partial charge in [0, 0.05) is 18.0 Å². The zero-order valence-electron chi connectivity index (χ0n) is 12.5. The first-order valence-corrected chi connectivity index (χ1v) is 7.02. The third kappa shape index (κ3) is 2.84. The van der Waals surface area contributed by atoms with Gasteiger partial charge in [0.05, 0.1) is 0 Å². The number of benzene rings is 1. The van der Waals surface area contributed by atoms with Crippen molar-refractivity contribution in [1.29, 1.82) is 0 Å². The topological polar surface area (TPSA) is 43.8 Å². The van der Waals surface area contributed by atoms with Gasteiger partial charge in [-0.15, -0.1) is 0 Å².